The molecule has 1 atom stereocenters. The first kappa shape index (κ1) is 19.8. The SMILES string of the molecule is COc1ccc(-c2c(=O)n(-c3ccc(OC)cc3)cc3cnc(S(C)=O)nc23)cc1. The van der Waals surface area contributed by atoms with E-state index in [0.29, 0.717) is 39.2 Å². The summed E-state index contributed by atoms with van der Waals surface area (Å²) in [5, 5.41) is 0.837. The molecule has 0 radical (unpaired) electrons. The first-order valence-electron chi connectivity index (χ1n) is 9.06. The molecule has 0 N–H and O–H groups in total. The molecule has 2 aromatic heterocycles. The fourth-order valence-electron chi connectivity index (χ4n) is 3.18. The Kier molecular flexibility index (Phi) is 5.33. The maximum Gasteiger partial charge on any atom is 0.265 e. The van der Waals surface area contributed by atoms with E-state index in [9.17, 15) is 9.00 Å². The largest absolute Gasteiger partial charge is 0.497 e. The lowest BCUT2D eigenvalue weighted by Crippen LogP contribution is -2.20. The smallest absolute Gasteiger partial charge is 0.265 e. The Morgan fingerprint density at radius 3 is 2.10 bits per heavy atom. The van der Waals surface area contributed by atoms with Crippen molar-refractivity contribution in [3.63, 3.8) is 0 Å². The maximum atomic E-state index is 13.5. The van der Waals surface area contributed by atoms with E-state index in [1.807, 2.05) is 0 Å². The van der Waals surface area contributed by atoms with Crippen molar-refractivity contribution in [2.24, 2.45) is 0 Å². The van der Waals surface area contributed by atoms with E-state index in [-0.39, 0.29) is 10.7 Å². The minimum absolute atomic E-state index is 0.179. The molecule has 0 aliphatic carbocycles. The van der Waals surface area contributed by atoms with E-state index >= 15 is 0 Å². The molecule has 0 saturated heterocycles. The number of rotatable bonds is 5. The van der Waals surface area contributed by atoms with Crippen LogP contribution in [0.4, 0.5) is 0 Å². The zero-order valence-electron chi connectivity index (χ0n) is 16.7. The molecule has 2 aromatic carbocycles. The molecule has 0 saturated carbocycles. The fourth-order valence-corrected chi connectivity index (χ4v) is 3.60. The van der Waals surface area contributed by atoms with Crippen LogP contribution in [-0.2, 0) is 10.8 Å². The van der Waals surface area contributed by atoms with Crippen molar-refractivity contribution in [2.45, 2.75) is 5.16 Å². The first-order valence-corrected chi connectivity index (χ1v) is 10.6. The van der Waals surface area contributed by atoms with Gasteiger partial charge in [-0.3, -0.25) is 13.6 Å². The van der Waals surface area contributed by atoms with Crippen molar-refractivity contribution in [3.05, 3.63) is 71.3 Å². The number of aromatic nitrogens is 3. The Bertz CT molecular complexity index is 1300. The molecule has 2 heterocycles. The summed E-state index contributed by atoms with van der Waals surface area (Å²) in [4.78, 5) is 22.2. The second kappa shape index (κ2) is 8.08. The topological polar surface area (TPSA) is 83.3 Å². The molecule has 0 bridgehead atoms. The summed E-state index contributed by atoms with van der Waals surface area (Å²) in [6.45, 7) is 0. The monoisotopic (exact) mass is 421 g/mol. The predicted octanol–water partition coefficient (Wildman–Crippen LogP) is 3.20. The van der Waals surface area contributed by atoms with Crippen molar-refractivity contribution in [1.29, 1.82) is 0 Å². The summed E-state index contributed by atoms with van der Waals surface area (Å²) in [7, 11) is 1.80. The van der Waals surface area contributed by atoms with Crippen LogP contribution in [-0.4, -0.2) is 39.2 Å². The fraction of sp³-hybridized carbons (Fsp3) is 0.136. The van der Waals surface area contributed by atoms with E-state index in [2.05, 4.69) is 9.97 Å². The molecule has 4 rings (SSSR count). The van der Waals surface area contributed by atoms with Crippen molar-refractivity contribution in [2.75, 3.05) is 20.5 Å². The number of hydrogen-bond acceptors (Lipinski definition) is 6. The Morgan fingerprint density at radius 2 is 1.53 bits per heavy atom. The zero-order chi connectivity index (χ0) is 21.3. The molecule has 0 spiro atoms. The van der Waals surface area contributed by atoms with Gasteiger partial charge in [0, 0.05) is 29.7 Å². The van der Waals surface area contributed by atoms with Crippen LogP contribution >= 0.6 is 0 Å². The average molecular weight is 421 g/mol. The third-order valence-electron chi connectivity index (χ3n) is 4.72. The summed E-state index contributed by atoms with van der Waals surface area (Å²) >= 11 is 0. The highest BCUT2D eigenvalue weighted by molar-refractivity contribution is 7.84. The van der Waals surface area contributed by atoms with Crippen LogP contribution in [0.1, 0.15) is 0 Å². The van der Waals surface area contributed by atoms with Crippen LogP contribution < -0.4 is 15.0 Å². The lowest BCUT2D eigenvalue weighted by Gasteiger charge is -2.13. The van der Waals surface area contributed by atoms with Crippen LogP contribution in [0.5, 0.6) is 11.5 Å². The Labute approximate surface area is 175 Å². The molecule has 1 unspecified atom stereocenters. The van der Waals surface area contributed by atoms with Gasteiger partial charge in [-0.1, -0.05) is 12.1 Å². The average Bonchev–Trinajstić information content (AvgIpc) is 2.78. The maximum absolute atomic E-state index is 13.5. The third kappa shape index (κ3) is 3.57. The second-order valence-corrected chi connectivity index (χ2v) is 7.79. The molecule has 0 fully saturated rings. The highest BCUT2D eigenvalue weighted by Gasteiger charge is 2.17. The van der Waals surface area contributed by atoms with Crippen LogP contribution in [0.3, 0.4) is 0 Å². The number of pyridine rings is 1. The van der Waals surface area contributed by atoms with E-state index < -0.39 is 10.8 Å². The lowest BCUT2D eigenvalue weighted by atomic mass is 10.0. The highest BCUT2D eigenvalue weighted by Crippen LogP contribution is 2.27. The molecule has 152 valence electrons. The molecule has 8 heteroatoms. The minimum atomic E-state index is -1.37. The number of benzene rings is 2. The van der Waals surface area contributed by atoms with Crippen molar-refractivity contribution < 1.29 is 13.7 Å². The van der Waals surface area contributed by atoms with Gasteiger partial charge in [-0.25, -0.2) is 9.97 Å². The Hall–Kier alpha value is -3.52. The van der Waals surface area contributed by atoms with Gasteiger partial charge in [-0.2, -0.15) is 0 Å². The number of hydrogen-bond donors (Lipinski definition) is 0. The summed E-state index contributed by atoms with van der Waals surface area (Å²) in [5.41, 5.74) is 1.97. The summed E-state index contributed by atoms with van der Waals surface area (Å²) in [5.74, 6) is 1.38. The number of methoxy groups -OCH3 is 2. The zero-order valence-corrected chi connectivity index (χ0v) is 17.5. The molecule has 7 nitrogen and oxygen atoms in total. The lowest BCUT2D eigenvalue weighted by molar-refractivity contribution is 0.414. The van der Waals surface area contributed by atoms with Crippen LogP contribution in [0.2, 0.25) is 0 Å². The highest BCUT2D eigenvalue weighted by atomic mass is 32.2. The van der Waals surface area contributed by atoms with Crippen molar-refractivity contribution >= 4 is 21.7 Å². The third-order valence-corrected chi connectivity index (χ3v) is 5.43. The van der Waals surface area contributed by atoms with Gasteiger partial charge < -0.3 is 9.47 Å². The van der Waals surface area contributed by atoms with Gasteiger partial charge in [0.25, 0.3) is 5.56 Å². The van der Waals surface area contributed by atoms with Crippen molar-refractivity contribution in [1.82, 2.24) is 14.5 Å². The standard InChI is InChI=1S/C22H19N3O4S/c1-28-17-8-4-14(5-9-17)19-20-15(12-23-22(24-20)30(3)27)13-25(21(19)26)16-6-10-18(29-2)11-7-16/h4-13H,1-3H3. The molecule has 30 heavy (non-hydrogen) atoms. The number of nitrogens with zero attached hydrogens (tertiary/aromatic N) is 3. The molecule has 0 amide bonds. The molecule has 4 aromatic rings. The Balaban J connectivity index is 2.02. The van der Waals surface area contributed by atoms with Gasteiger partial charge in [0.1, 0.15) is 11.5 Å². The van der Waals surface area contributed by atoms with Gasteiger partial charge in [0.05, 0.1) is 36.1 Å². The second-order valence-electron chi connectivity index (χ2n) is 6.52. The summed E-state index contributed by atoms with van der Waals surface area (Å²) < 4.78 is 23.9. The molecule has 0 aliphatic rings. The minimum Gasteiger partial charge on any atom is -0.497 e. The quantitative estimate of drug-likeness (QED) is 0.460. The number of ether oxygens (including phenoxy) is 2. The van der Waals surface area contributed by atoms with E-state index in [1.165, 1.54) is 6.26 Å². The van der Waals surface area contributed by atoms with Gasteiger partial charge in [-0.05, 0) is 42.0 Å². The van der Waals surface area contributed by atoms with Gasteiger partial charge in [0.2, 0.25) is 5.16 Å². The van der Waals surface area contributed by atoms with Crippen LogP contribution in [0.15, 0.2) is 70.9 Å². The number of fused-ring (bicyclic) bond motifs is 1. The summed E-state index contributed by atoms with van der Waals surface area (Å²) in [6, 6.07) is 14.4. The van der Waals surface area contributed by atoms with Gasteiger partial charge in [0.15, 0.2) is 0 Å². The molecule has 0 aliphatic heterocycles. The van der Waals surface area contributed by atoms with E-state index in [1.54, 1.807) is 79.7 Å². The van der Waals surface area contributed by atoms with E-state index in [0.717, 1.165) is 0 Å². The van der Waals surface area contributed by atoms with Crippen LogP contribution in [0, 0.1) is 0 Å². The molecular weight excluding hydrogens is 402 g/mol. The first-order chi connectivity index (χ1) is 14.5. The summed E-state index contributed by atoms with van der Waals surface area (Å²) in [6.07, 6.45) is 4.78. The normalized spacial score (nSPS) is 12.0. The van der Waals surface area contributed by atoms with Gasteiger partial charge >= 0.3 is 0 Å². The van der Waals surface area contributed by atoms with Crippen LogP contribution in [0.25, 0.3) is 27.7 Å². The Morgan fingerprint density at radius 1 is 0.933 bits per heavy atom. The predicted molar refractivity (Wildman–Crippen MR) is 116 cm³/mol. The van der Waals surface area contributed by atoms with Gasteiger partial charge in [-0.15, -0.1) is 0 Å². The van der Waals surface area contributed by atoms with E-state index in [4.69, 9.17) is 9.47 Å². The molecular formula is C22H19N3O4S. The van der Waals surface area contributed by atoms with Crippen molar-refractivity contribution in [3.8, 4) is 28.3 Å².